The van der Waals surface area contributed by atoms with Crippen LogP contribution in [0.25, 0.3) is 0 Å². The van der Waals surface area contributed by atoms with E-state index in [1.54, 1.807) is 32.0 Å². The highest BCUT2D eigenvalue weighted by atomic mass is 35.5. The maximum absolute atomic E-state index is 12.8. The van der Waals surface area contributed by atoms with Crippen molar-refractivity contribution in [1.29, 1.82) is 0 Å². The van der Waals surface area contributed by atoms with Crippen molar-refractivity contribution in [3.63, 3.8) is 0 Å². The van der Waals surface area contributed by atoms with Crippen LogP contribution in [0.2, 0.25) is 10.0 Å². The molecule has 1 N–H and O–H groups in total. The van der Waals surface area contributed by atoms with Gasteiger partial charge < -0.3 is 9.15 Å². The Morgan fingerprint density at radius 2 is 1.86 bits per heavy atom. The Labute approximate surface area is 209 Å². The summed E-state index contributed by atoms with van der Waals surface area (Å²) in [4.78, 5) is 35.8. The molecule has 3 aromatic rings. The van der Waals surface area contributed by atoms with Crippen LogP contribution < -0.4 is 10.2 Å². The number of carbonyl (C=O) groups is 2. The van der Waals surface area contributed by atoms with Gasteiger partial charge in [-0.1, -0.05) is 23.2 Å². The van der Waals surface area contributed by atoms with Crippen LogP contribution in [0.3, 0.4) is 0 Å². The molecule has 11 heteroatoms. The molecule has 0 atom stereocenters. The van der Waals surface area contributed by atoms with Crippen LogP contribution >= 0.6 is 23.2 Å². The number of hydrogen-bond acceptors (Lipinski definition) is 7. The predicted octanol–water partition coefficient (Wildman–Crippen LogP) is 5.80. The van der Waals surface area contributed by atoms with E-state index in [4.69, 9.17) is 32.4 Å². The summed E-state index contributed by atoms with van der Waals surface area (Å²) >= 11 is 11.8. The number of fused-ring (bicyclic) bond motifs is 1. The minimum atomic E-state index is -0.667. The monoisotopic (exact) mass is 515 g/mol. The first kappa shape index (κ1) is 24.4. The van der Waals surface area contributed by atoms with E-state index in [0.29, 0.717) is 52.6 Å². The third-order valence-corrected chi connectivity index (χ3v) is 6.29. The fourth-order valence-corrected chi connectivity index (χ4v) is 4.09. The largest absolute Gasteiger partial charge is 0.453 e. The van der Waals surface area contributed by atoms with E-state index in [1.807, 2.05) is 0 Å². The van der Waals surface area contributed by atoms with Gasteiger partial charge in [-0.2, -0.15) is 5.10 Å². The zero-order valence-electron chi connectivity index (χ0n) is 18.7. The number of hydrogen-bond donors (Lipinski definition) is 1. The highest BCUT2D eigenvalue weighted by molar-refractivity contribution is 6.32. The number of furan rings is 1. The average Bonchev–Trinajstić information content (AvgIpc) is 3.17. The third kappa shape index (κ3) is 5.06. The van der Waals surface area contributed by atoms with Crippen molar-refractivity contribution in [2.24, 2.45) is 5.10 Å². The molecule has 0 unspecified atom stereocenters. The minimum Gasteiger partial charge on any atom is -0.453 e. The molecule has 0 fully saturated rings. The molecule has 0 radical (unpaired) electrons. The van der Waals surface area contributed by atoms with Crippen LogP contribution in [0.15, 0.2) is 45.9 Å². The molecule has 0 spiro atoms. The lowest BCUT2D eigenvalue weighted by atomic mass is 9.93. The van der Waals surface area contributed by atoms with Gasteiger partial charge in [0, 0.05) is 34.2 Å². The number of nitro benzene ring substituents is 1. The van der Waals surface area contributed by atoms with E-state index in [-0.39, 0.29) is 22.0 Å². The topological polar surface area (TPSA) is 124 Å². The molecule has 4 rings (SSSR count). The number of hydrazone groups is 1. The molecule has 35 heavy (non-hydrogen) atoms. The molecule has 9 nitrogen and oxygen atoms in total. The smallest absolute Gasteiger partial charge is 0.379 e. The van der Waals surface area contributed by atoms with E-state index < -0.39 is 16.8 Å². The average molecular weight is 516 g/mol. The molecule has 1 aliphatic carbocycles. The Morgan fingerprint density at radius 3 is 2.57 bits per heavy atom. The number of esters is 1. The number of carbonyl (C=O) groups excluding carboxylic acids is 2. The van der Waals surface area contributed by atoms with Crippen LogP contribution in [-0.2, 0) is 6.42 Å². The maximum Gasteiger partial charge on any atom is 0.379 e. The molecule has 0 saturated carbocycles. The number of ether oxygens (including phenoxy) is 1. The van der Waals surface area contributed by atoms with Gasteiger partial charge in [0.15, 0.2) is 0 Å². The van der Waals surface area contributed by atoms with Crippen LogP contribution in [0, 0.1) is 24.0 Å². The number of halogens is 2. The summed E-state index contributed by atoms with van der Waals surface area (Å²) in [6.07, 6.45) is 1.84. The molecule has 1 aliphatic rings. The Bertz CT molecular complexity index is 1400. The standard InChI is InChI=1S/C24H19Cl2N3O6/c1-12-10-15(7-9-16(12)25)34-24(31)22-13(2)21-18(4-3-5-20(21)35-22)27-28-23(30)14-6-8-17(26)19(11-14)29(32)33/h6-11H,3-5H2,1-2H3,(H,28,30)/b27-18+. The number of nitro groups is 1. The van der Waals surface area contributed by atoms with Gasteiger partial charge in [-0.25, -0.2) is 10.2 Å². The number of rotatable bonds is 5. The minimum absolute atomic E-state index is 0.0351. The van der Waals surface area contributed by atoms with Gasteiger partial charge in [0.1, 0.15) is 16.5 Å². The van der Waals surface area contributed by atoms with Crippen molar-refractivity contribution in [2.75, 3.05) is 0 Å². The summed E-state index contributed by atoms with van der Waals surface area (Å²) in [5.74, 6) is -0.331. The second-order valence-corrected chi connectivity index (χ2v) is 8.75. The van der Waals surface area contributed by atoms with Crippen molar-refractivity contribution >= 4 is 46.5 Å². The quantitative estimate of drug-likeness (QED) is 0.198. The van der Waals surface area contributed by atoms with Gasteiger partial charge in [-0.05, 0) is 62.6 Å². The Morgan fingerprint density at radius 1 is 1.11 bits per heavy atom. The van der Waals surface area contributed by atoms with Gasteiger partial charge in [-0.3, -0.25) is 14.9 Å². The molecular weight excluding hydrogens is 497 g/mol. The first-order chi connectivity index (χ1) is 16.7. The summed E-state index contributed by atoms with van der Waals surface area (Å²) in [5.41, 5.74) is 4.57. The Balaban J connectivity index is 1.56. The first-order valence-electron chi connectivity index (χ1n) is 10.6. The van der Waals surface area contributed by atoms with Crippen LogP contribution in [0.4, 0.5) is 5.69 Å². The van der Waals surface area contributed by atoms with E-state index >= 15 is 0 Å². The van der Waals surface area contributed by atoms with Crippen molar-refractivity contribution in [1.82, 2.24) is 5.43 Å². The van der Waals surface area contributed by atoms with Crippen LogP contribution in [0.5, 0.6) is 5.75 Å². The lowest BCUT2D eigenvalue weighted by Gasteiger charge is -2.13. The molecule has 0 aliphatic heterocycles. The second-order valence-electron chi connectivity index (χ2n) is 7.93. The lowest BCUT2D eigenvalue weighted by Crippen LogP contribution is -2.22. The summed E-state index contributed by atoms with van der Waals surface area (Å²) < 4.78 is 11.3. The van der Waals surface area contributed by atoms with Crippen molar-refractivity contribution in [3.8, 4) is 5.75 Å². The van der Waals surface area contributed by atoms with Crippen LogP contribution in [-0.4, -0.2) is 22.5 Å². The number of aryl methyl sites for hydroxylation is 2. The summed E-state index contributed by atoms with van der Waals surface area (Å²) in [7, 11) is 0. The Hall–Kier alpha value is -3.69. The maximum atomic E-state index is 12.8. The summed E-state index contributed by atoms with van der Waals surface area (Å²) in [6, 6.07) is 8.62. The van der Waals surface area contributed by atoms with Gasteiger partial charge >= 0.3 is 5.97 Å². The molecule has 0 bridgehead atoms. The first-order valence-corrected chi connectivity index (χ1v) is 11.3. The van der Waals surface area contributed by atoms with Gasteiger partial charge in [0.25, 0.3) is 11.6 Å². The highest BCUT2D eigenvalue weighted by Gasteiger charge is 2.29. The number of benzene rings is 2. The fourth-order valence-electron chi connectivity index (χ4n) is 3.79. The van der Waals surface area contributed by atoms with Crippen LogP contribution in [0.1, 0.15) is 56.2 Å². The number of nitrogens with zero attached hydrogens (tertiary/aromatic N) is 2. The number of nitrogens with one attached hydrogen (secondary N) is 1. The van der Waals surface area contributed by atoms with E-state index in [2.05, 4.69) is 10.5 Å². The molecular formula is C24H19Cl2N3O6. The molecule has 0 saturated heterocycles. The highest BCUT2D eigenvalue weighted by Crippen LogP contribution is 2.31. The predicted molar refractivity (Wildman–Crippen MR) is 130 cm³/mol. The van der Waals surface area contributed by atoms with Gasteiger partial charge in [-0.15, -0.1) is 0 Å². The number of amides is 1. The van der Waals surface area contributed by atoms with Crippen molar-refractivity contribution < 1.29 is 23.7 Å². The lowest BCUT2D eigenvalue weighted by molar-refractivity contribution is -0.384. The van der Waals surface area contributed by atoms with E-state index in [9.17, 15) is 19.7 Å². The summed E-state index contributed by atoms with van der Waals surface area (Å²) in [6.45, 7) is 3.52. The molecule has 1 amide bonds. The fraction of sp³-hybridized carbons (Fsp3) is 0.208. The third-order valence-electron chi connectivity index (χ3n) is 5.55. The normalized spacial score (nSPS) is 13.9. The van der Waals surface area contributed by atoms with E-state index in [0.717, 1.165) is 11.6 Å². The summed E-state index contributed by atoms with van der Waals surface area (Å²) in [5, 5.41) is 15.8. The van der Waals surface area contributed by atoms with Crippen molar-refractivity contribution in [2.45, 2.75) is 33.1 Å². The second kappa shape index (κ2) is 9.89. The molecule has 1 aromatic heterocycles. The Kier molecular flexibility index (Phi) is 6.90. The zero-order valence-corrected chi connectivity index (χ0v) is 20.2. The zero-order chi connectivity index (χ0) is 25.3. The SMILES string of the molecule is Cc1cc(OC(=O)c2oc3c(c2C)/C(=N/NC(=O)c2ccc(Cl)c([N+](=O)[O-])c2)CCC3)ccc1Cl. The van der Waals surface area contributed by atoms with Crippen molar-refractivity contribution in [3.05, 3.63) is 90.3 Å². The molecule has 2 aromatic carbocycles. The molecule has 180 valence electrons. The van der Waals surface area contributed by atoms with E-state index in [1.165, 1.54) is 12.1 Å². The van der Waals surface area contributed by atoms with Gasteiger partial charge in [0.2, 0.25) is 5.76 Å². The molecule has 1 heterocycles. The van der Waals surface area contributed by atoms with Gasteiger partial charge in [0.05, 0.1) is 10.6 Å².